The molecule has 0 radical (unpaired) electrons. The Morgan fingerprint density at radius 2 is 2.40 bits per heavy atom. The second-order valence-electron chi connectivity index (χ2n) is 1.91. The number of nitrogens with two attached hydrogens (primary N) is 1. The summed E-state index contributed by atoms with van der Waals surface area (Å²) in [6.07, 6.45) is 0. The third-order valence-corrected chi connectivity index (χ3v) is 1.17. The Hall–Kier alpha value is -0.480. The van der Waals surface area contributed by atoms with E-state index in [1.807, 2.05) is 0 Å². The number of esters is 1. The normalized spacial score (nSPS) is 12.3. The van der Waals surface area contributed by atoms with E-state index < -0.39 is 12.0 Å². The Balaban J connectivity index is 3.73. The van der Waals surface area contributed by atoms with Gasteiger partial charge < -0.3 is 10.5 Å². The Labute approximate surface area is 65.6 Å². The molecule has 2 N–H and O–H groups in total. The maximum atomic E-state index is 10.7. The number of thiol groups is 1. The highest BCUT2D eigenvalue weighted by atomic mass is 32.1. The Morgan fingerprint density at radius 1 is 1.90 bits per heavy atom. The maximum Gasteiger partial charge on any atom is 0.328 e. The zero-order valence-electron chi connectivity index (χ0n) is 5.83. The molecule has 0 fully saturated rings. The van der Waals surface area contributed by atoms with Gasteiger partial charge in [-0.15, -0.1) is 0 Å². The predicted molar refractivity (Wildman–Crippen MR) is 42.7 cm³/mol. The summed E-state index contributed by atoms with van der Waals surface area (Å²) in [6.45, 7) is 4.97. The molecule has 0 amide bonds. The van der Waals surface area contributed by atoms with Gasteiger partial charge in [0.15, 0.2) is 0 Å². The van der Waals surface area contributed by atoms with Crippen molar-refractivity contribution in [1.29, 1.82) is 0 Å². The van der Waals surface area contributed by atoms with Crippen LogP contribution in [-0.2, 0) is 9.53 Å². The van der Waals surface area contributed by atoms with E-state index in [1.165, 1.54) is 0 Å². The van der Waals surface area contributed by atoms with Crippen molar-refractivity contribution in [2.45, 2.75) is 13.0 Å². The smallest absolute Gasteiger partial charge is 0.328 e. The summed E-state index contributed by atoms with van der Waals surface area (Å²) in [7, 11) is 0. The predicted octanol–water partition coefficient (Wildman–Crippen LogP) is 0.320. The fraction of sp³-hybridized carbons (Fsp3) is 0.500. The number of rotatable bonds is 3. The average Bonchev–Trinajstić information content (AvgIpc) is 1.85. The zero-order valence-corrected chi connectivity index (χ0v) is 6.73. The molecule has 0 rings (SSSR count). The van der Waals surface area contributed by atoms with Crippen LogP contribution in [0.1, 0.15) is 6.92 Å². The van der Waals surface area contributed by atoms with Gasteiger partial charge in [-0.05, 0) is 6.92 Å². The molecule has 0 saturated carbocycles. The lowest BCUT2D eigenvalue weighted by atomic mass is 10.4. The standard InChI is InChI=1S/C6H11NO2S/c1-4(2)9-6(8)5(7)3-10/h5,10H,1,3,7H2,2H3/t5-/m0/s1. The van der Waals surface area contributed by atoms with Crippen molar-refractivity contribution in [2.24, 2.45) is 5.73 Å². The first kappa shape index (κ1) is 9.52. The van der Waals surface area contributed by atoms with Crippen LogP contribution in [0, 0.1) is 0 Å². The number of carbonyl (C=O) groups is 1. The molecule has 58 valence electrons. The minimum Gasteiger partial charge on any atom is -0.431 e. The maximum absolute atomic E-state index is 10.7. The second kappa shape index (κ2) is 4.35. The van der Waals surface area contributed by atoms with E-state index in [2.05, 4.69) is 23.9 Å². The van der Waals surface area contributed by atoms with Crippen LogP contribution in [0.2, 0.25) is 0 Å². The Morgan fingerprint density at radius 3 is 2.70 bits per heavy atom. The van der Waals surface area contributed by atoms with Crippen molar-refractivity contribution >= 4 is 18.6 Å². The lowest BCUT2D eigenvalue weighted by molar-refractivity contribution is -0.140. The van der Waals surface area contributed by atoms with E-state index in [0.29, 0.717) is 5.76 Å². The molecule has 0 aliphatic heterocycles. The van der Waals surface area contributed by atoms with Crippen LogP contribution in [0.3, 0.4) is 0 Å². The van der Waals surface area contributed by atoms with Crippen LogP contribution in [0.5, 0.6) is 0 Å². The van der Waals surface area contributed by atoms with Gasteiger partial charge in [0, 0.05) is 5.75 Å². The summed E-state index contributed by atoms with van der Waals surface area (Å²) in [6, 6.07) is -0.653. The Bertz CT molecular complexity index is 147. The first-order chi connectivity index (χ1) is 4.57. The van der Waals surface area contributed by atoms with Crippen molar-refractivity contribution in [2.75, 3.05) is 5.75 Å². The summed E-state index contributed by atoms with van der Waals surface area (Å²) in [5.74, 6) is 0.149. The molecule has 10 heavy (non-hydrogen) atoms. The molecule has 1 atom stereocenters. The van der Waals surface area contributed by atoms with E-state index in [0.717, 1.165) is 0 Å². The van der Waals surface area contributed by atoms with Gasteiger partial charge in [0.25, 0.3) is 0 Å². The molecule has 4 heteroatoms. The van der Waals surface area contributed by atoms with Gasteiger partial charge in [-0.25, -0.2) is 4.79 Å². The molecule has 0 heterocycles. The lowest BCUT2D eigenvalue weighted by Gasteiger charge is -2.06. The quantitative estimate of drug-likeness (QED) is 0.356. The minimum absolute atomic E-state index is 0.284. The fourth-order valence-corrected chi connectivity index (χ4v) is 0.471. The van der Waals surface area contributed by atoms with Crippen LogP contribution in [0.4, 0.5) is 0 Å². The van der Waals surface area contributed by atoms with Crippen LogP contribution >= 0.6 is 12.6 Å². The van der Waals surface area contributed by atoms with Crippen LogP contribution < -0.4 is 5.73 Å². The summed E-state index contributed by atoms with van der Waals surface area (Å²) >= 11 is 3.82. The molecule has 0 aromatic rings. The number of allylic oxidation sites excluding steroid dienone is 1. The molecule has 0 unspecified atom stereocenters. The number of hydrogen-bond donors (Lipinski definition) is 2. The number of carbonyl (C=O) groups excluding carboxylic acids is 1. The molecular formula is C6H11NO2S. The number of hydrogen-bond acceptors (Lipinski definition) is 4. The zero-order chi connectivity index (χ0) is 8.15. The van der Waals surface area contributed by atoms with E-state index in [-0.39, 0.29) is 5.75 Å². The molecule has 0 aromatic carbocycles. The highest BCUT2D eigenvalue weighted by molar-refractivity contribution is 7.80. The van der Waals surface area contributed by atoms with Crippen molar-refractivity contribution in [3.05, 3.63) is 12.3 Å². The fourth-order valence-electron chi connectivity index (χ4n) is 0.322. The Kier molecular flexibility index (Phi) is 4.14. The highest BCUT2D eigenvalue weighted by Gasteiger charge is 2.12. The molecule has 0 aromatic heterocycles. The van der Waals surface area contributed by atoms with Gasteiger partial charge in [-0.1, -0.05) is 6.58 Å². The van der Waals surface area contributed by atoms with E-state index >= 15 is 0 Å². The first-order valence-corrected chi connectivity index (χ1v) is 3.44. The van der Waals surface area contributed by atoms with E-state index in [4.69, 9.17) is 5.73 Å². The van der Waals surface area contributed by atoms with Crippen molar-refractivity contribution in [1.82, 2.24) is 0 Å². The monoisotopic (exact) mass is 161 g/mol. The van der Waals surface area contributed by atoms with E-state index in [1.54, 1.807) is 6.92 Å². The van der Waals surface area contributed by atoms with Gasteiger partial charge in [0.2, 0.25) is 0 Å². The van der Waals surface area contributed by atoms with Crippen LogP contribution in [0.15, 0.2) is 12.3 Å². The number of ether oxygens (including phenoxy) is 1. The molecule has 0 bridgehead atoms. The van der Waals surface area contributed by atoms with Gasteiger partial charge >= 0.3 is 5.97 Å². The largest absolute Gasteiger partial charge is 0.431 e. The van der Waals surface area contributed by atoms with Crippen molar-refractivity contribution in [3.8, 4) is 0 Å². The molecule has 0 aliphatic carbocycles. The van der Waals surface area contributed by atoms with Gasteiger partial charge in [0.05, 0.1) is 5.76 Å². The molecular weight excluding hydrogens is 150 g/mol. The molecule has 0 aliphatic rings. The third-order valence-electron chi connectivity index (χ3n) is 0.774. The average molecular weight is 161 g/mol. The summed E-state index contributed by atoms with van der Waals surface area (Å²) in [5.41, 5.74) is 5.27. The lowest BCUT2D eigenvalue weighted by Crippen LogP contribution is -2.33. The SMILES string of the molecule is C=C(C)OC(=O)[C@@H](N)CS. The summed E-state index contributed by atoms with van der Waals surface area (Å²) in [5, 5.41) is 0. The first-order valence-electron chi connectivity index (χ1n) is 2.81. The minimum atomic E-state index is -0.653. The second-order valence-corrected chi connectivity index (χ2v) is 2.28. The van der Waals surface area contributed by atoms with Crippen LogP contribution in [-0.4, -0.2) is 17.8 Å². The van der Waals surface area contributed by atoms with Crippen LogP contribution in [0.25, 0.3) is 0 Å². The van der Waals surface area contributed by atoms with Crippen molar-refractivity contribution in [3.63, 3.8) is 0 Å². The van der Waals surface area contributed by atoms with Gasteiger partial charge in [-0.2, -0.15) is 12.6 Å². The summed E-state index contributed by atoms with van der Waals surface area (Å²) < 4.78 is 4.60. The third kappa shape index (κ3) is 3.53. The summed E-state index contributed by atoms with van der Waals surface area (Å²) in [4.78, 5) is 10.7. The van der Waals surface area contributed by atoms with Crippen molar-refractivity contribution < 1.29 is 9.53 Å². The van der Waals surface area contributed by atoms with E-state index in [9.17, 15) is 4.79 Å². The molecule has 0 saturated heterocycles. The molecule has 3 nitrogen and oxygen atoms in total. The topological polar surface area (TPSA) is 52.3 Å². The highest BCUT2D eigenvalue weighted by Crippen LogP contribution is 1.95. The van der Waals surface area contributed by atoms with Gasteiger partial charge in [0.1, 0.15) is 6.04 Å². The van der Waals surface area contributed by atoms with Gasteiger partial charge in [-0.3, -0.25) is 0 Å². The molecule has 0 spiro atoms.